The molecule has 0 bridgehead atoms. The van der Waals surface area contributed by atoms with E-state index >= 15 is 0 Å². The van der Waals surface area contributed by atoms with Crippen molar-refractivity contribution >= 4 is 23.2 Å². The summed E-state index contributed by atoms with van der Waals surface area (Å²) in [5, 5.41) is 0.435. The fraction of sp³-hybridized carbons (Fsp3) is 0.538. The monoisotopic (exact) mass is 274 g/mol. The van der Waals surface area contributed by atoms with E-state index in [0.717, 1.165) is 18.4 Å². The minimum atomic E-state index is -0.150. The van der Waals surface area contributed by atoms with Crippen molar-refractivity contribution in [2.24, 2.45) is 0 Å². The average Bonchev–Trinajstić information content (AvgIpc) is 2.75. The summed E-state index contributed by atoms with van der Waals surface area (Å²) < 4.78 is 10.9. The molecule has 0 amide bonds. The Hall–Kier alpha value is -0.440. The van der Waals surface area contributed by atoms with Gasteiger partial charge in [-0.15, -0.1) is 11.6 Å². The normalized spacial score (nSPS) is 25.9. The molecular formula is C13H16Cl2O2. The third-order valence-electron chi connectivity index (χ3n) is 3.09. The largest absolute Gasteiger partial charge is 0.495 e. The zero-order valence-corrected chi connectivity index (χ0v) is 11.5. The van der Waals surface area contributed by atoms with Crippen LogP contribution in [-0.4, -0.2) is 19.3 Å². The maximum absolute atomic E-state index is 6.42. The Labute approximate surface area is 112 Å². The van der Waals surface area contributed by atoms with E-state index in [-0.39, 0.29) is 11.5 Å². The highest BCUT2D eigenvalue weighted by molar-refractivity contribution is 6.32. The number of benzene rings is 1. The molecule has 0 aromatic heterocycles. The van der Waals surface area contributed by atoms with Crippen molar-refractivity contribution in [1.82, 2.24) is 0 Å². The summed E-state index contributed by atoms with van der Waals surface area (Å²) in [5.41, 5.74) is 0.983. The highest BCUT2D eigenvalue weighted by Gasteiger charge is 2.29. The first kappa shape index (κ1) is 13.0. The zero-order valence-electron chi connectivity index (χ0n) is 9.95. The molecule has 3 atom stereocenters. The summed E-state index contributed by atoms with van der Waals surface area (Å²) in [6, 6.07) is 5.63. The summed E-state index contributed by atoms with van der Waals surface area (Å²) in [4.78, 5) is 0. The molecular weight excluding hydrogens is 259 g/mol. The lowest BCUT2D eigenvalue weighted by Gasteiger charge is -2.18. The minimum Gasteiger partial charge on any atom is -0.495 e. The Balaban J connectivity index is 2.14. The van der Waals surface area contributed by atoms with Crippen LogP contribution < -0.4 is 4.74 Å². The topological polar surface area (TPSA) is 18.5 Å². The van der Waals surface area contributed by atoms with Gasteiger partial charge in [0.05, 0.1) is 29.7 Å². The van der Waals surface area contributed by atoms with Gasteiger partial charge in [-0.25, -0.2) is 0 Å². The van der Waals surface area contributed by atoms with Gasteiger partial charge >= 0.3 is 0 Å². The van der Waals surface area contributed by atoms with E-state index in [1.165, 1.54) is 0 Å². The van der Waals surface area contributed by atoms with Crippen LogP contribution in [0.2, 0.25) is 5.02 Å². The van der Waals surface area contributed by atoms with E-state index in [9.17, 15) is 0 Å². The molecule has 3 unspecified atom stereocenters. The van der Waals surface area contributed by atoms with Crippen molar-refractivity contribution in [2.45, 2.75) is 37.4 Å². The maximum atomic E-state index is 6.42. The van der Waals surface area contributed by atoms with Gasteiger partial charge in [0, 0.05) is 0 Å². The first-order valence-electron chi connectivity index (χ1n) is 5.74. The van der Waals surface area contributed by atoms with Crippen molar-refractivity contribution in [3.05, 3.63) is 28.8 Å². The average molecular weight is 275 g/mol. The van der Waals surface area contributed by atoms with E-state index in [0.29, 0.717) is 16.9 Å². The Morgan fingerprint density at radius 3 is 2.71 bits per heavy atom. The Morgan fingerprint density at radius 2 is 2.18 bits per heavy atom. The second kappa shape index (κ2) is 5.47. The minimum absolute atomic E-state index is 0.0797. The van der Waals surface area contributed by atoms with Gasteiger partial charge in [0.25, 0.3) is 0 Å². The summed E-state index contributed by atoms with van der Waals surface area (Å²) >= 11 is 12.5. The van der Waals surface area contributed by atoms with E-state index in [1.807, 2.05) is 18.2 Å². The fourth-order valence-electron chi connectivity index (χ4n) is 2.12. The van der Waals surface area contributed by atoms with Gasteiger partial charge in [0.15, 0.2) is 0 Å². The van der Waals surface area contributed by atoms with Gasteiger partial charge in [-0.1, -0.05) is 17.7 Å². The molecule has 1 aromatic rings. The Kier molecular flexibility index (Phi) is 4.18. The second-order valence-electron chi connectivity index (χ2n) is 4.36. The standard InChI is InChI=1S/C13H16Cl2O2/c1-8-3-5-12(17-8)13(15)9-4-6-11(16-2)10(14)7-9/h4,6-8,12-13H,3,5H2,1-2H3. The third-order valence-corrected chi connectivity index (χ3v) is 3.91. The number of halogens is 2. The summed E-state index contributed by atoms with van der Waals surface area (Å²) in [5.74, 6) is 0.667. The molecule has 1 fully saturated rings. The molecule has 2 rings (SSSR count). The molecule has 0 radical (unpaired) electrons. The second-order valence-corrected chi connectivity index (χ2v) is 5.24. The molecule has 1 saturated heterocycles. The number of ether oxygens (including phenoxy) is 2. The molecule has 1 aliphatic rings. The highest BCUT2D eigenvalue weighted by atomic mass is 35.5. The smallest absolute Gasteiger partial charge is 0.137 e. The van der Waals surface area contributed by atoms with Crippen molar-refractivity contribution in [3.63, 3.8) is 0 Å². The molecule has 0 N–H and O–H groups in total. The van der Waals surface area contributed by atoms with Crippen LogP contribution in [0.25, 0.3) is 0 Å². The quantitative estimate of drug-likeness (QED) is 0.770. The van der Waals surface area contributed by atoms with Gasteiger partial charge in [-0.2, -0.15) is 0 Å². The van der Waals surface area contributed by atoms with Crippen LogP contribution in [0, 0.1) is 0 Å². The molecule has 4 heteroatoms. The predicted octanol–water partition coefficient (Wildman–Crippen LogP) is 4.20. The van der Waals surface area contributed by atoms with Gasteiger partial charge in [-0.3, -0.25) is 0 Å². The fourth-order valence-corrected chi connectivity index (χ4v) is 2.70. The highest BCUT2D eigenvalue weighted by Crippen LogP contribution is 2.37. The van der Waals surface area contributed by atoms with Crippen LogP contribution in [0.5, 0.6) is 5.75 Å². The third kappa shape index (κ3) is 2.87. The molecule has 0 aliphatic carbocycles. The van der Waals surface area contributed by atoms with E-state index < -0.39 is 0 Å². The first-order valence-corrected chi connectivity index (χ1v) is 6.56. The zero-order chi connectivity index (χ0) is 12.4. The lowest BCUT2D eigenvalue weighted by atomic mass is 10.0. The number of hydrogen-bond acceptors (Lipinski definition) is 2. The van der Waals surface area contributed by atoms with Crippen LogP contribution in [0.1, 0.15) is 30.7 Å². The van der Waals surface area contributed by atoms with Crippen LogP contribution >= 0.6 is 23.2 Å². The molecule has 1 heterocycles. The Morgan fingerprint density at radius 1 is 1.41 bits per heavy atom. The molecule has 1 aliphatic heterocycles. The van der Waals surface area contributed by atoms with Crippen molar-refractivity contribution < 1.29 is 9.47 Å². The maximum Gasteiger partial charge on any atom is 0.137 e. The molecule has 0 spiro atoms. The lowest BCUT2D eigenvalue weighted by Crippen LogP contribution is -2.14. The van der Waals surface area contributed by atoms with E-state index in [4.69, 9.17) is 32.7 Å². The summed E-state index contributed by atoms with van der Waals surface area (Å²) in [6.07, 6.45) is 2.45. The predicted molar refractivity (Wildman–Crippen MR) is 70.2 cm³/mol. The number of rotatable bonds is 3. The molecule has 1 aromatic carbocycles. The molecule has 2 nitrogen and oxygen atoms in total. The van der Waals surface area contributed by atoms with Crippen LogP contribution in [-0.2, 0) is 4.74 Å². The van der Waals surface area contributed by atoms with Crippen LogP contribution in [0.3, 0.4) is 0 Å². The van der Waals surface area contributed by atoms with Crippen molar-refractivity contribution in [1.29, 1.82) is 0 Å². The number of alkyl halides is 1. The number of hydrogen-bond donors (Lipinski definition) is 0. The molecule has 17 heavy (non-hydrogen) atoms. The number of methoxy groups -OCH3 is 1. The van der Waals surface area contributed by atoms with Crippen molar-refractivity contribution in [2.75, 3.05) is 7.11 Å². The van der Waals surface area contributed by atoms with Crippen LogP contribution in [0.4, 0.5) is 0 Å². The van der Waals surface area contributed by atoms with E-state index in [2.05, 4.69) is 6.92 Å². The van der Waals surface area contributed by atoms with Crippen molar-refractivity contribution in [3.8, 4) is 5.75 Å². The Bertz CT molecular complexity index is 395. The summed E-state index contributed by atoms with van der Waals surface area (Å²) in [7, 11) is 1.60. The SMILES string of the molecule is COc1ccc(C(Cl)C2CCC(C)O2)cc1Cl. The van der Waals surface area contributed by atoms with E-state index in [1.54, 1.807) is 7.11 Å². The van der Waals surface area contributed by atoms with Gasteiger partial charge in [0.2, 0.25) is 0 Å². The molecule has 94 valence electrons. The van der Waals surface area contributed by atoms with Gasteiger partial charge < -0.3 is 9.47 Å². The van der Waals surface area contributed by atoms with Crippen LogP contribution in [0.15, 0.2) is 18.2 Å². The molecule has 0 saturated carbocycles. The van der Waals surface area contributed by atoms with Gasteiger partial charge in [0.1, 0.15) is 5.75 Å². The van der Waals surface area contributed by atoms with Gasteiger partial charge in [-0.05, 0) is 37.5 Å². The lowest BCUT2D eigenvalue weighted by molar-refractivity contribution is 0.0533. The first-order chi connectivity index (χ1) is 8.11. The summed E-state index contributed by atoms with van der Waals surface area (Å²) in [6.45, 7) is 2.07.